The minimum absolute atomic E-state index is 0.128. The van der Waals surface area contributed by atoms with E-state index in [1.54, 1.807) is 0 Å². The minimum Gasteiger partial charge on any atom is -0.502 e. The number of rotatable bonds is 4. The Balaban J connectivity index is 1.72. The summed E-state index contributed by atoms with van der Waals surface area (Å²) < 4.78 is 6.10. The van der Waals surface area contributed by atoms with Gasteiger partial charge >= 0.3 is 5.97 Å². The Morgan fingerprint density at radius 2 is 1.83 bits per heavy atom. The van der Waals surface area contributed by atoms with E-state index in [9.17, 15) is 14.7 Å². The number of nitrogens with one attached hydrogen (secondary N) is 1. The summed E-state index contributed by atoms with van der Waals surface area (Å²) >= 11 is 0. The summed E-state index contributed by atoms with van der Waals surface area (Å²) in [6.45, 7) is 0.762. The molecule has 7 nitrogen and oxygen atoms in total. The maximum atomic E-state index is 12.1. The quantitative estimate of drug-likeness (QED) is 0.665. The number of hydrogen-bond acceptors (Lipinski definition) is 6. The van der Waals surface area contributed by atoms with Gasteiger partial charge in [-0.25, -0.2) is 4.79 Å². The van der Waals surface area contributed by atoms with Gasteiger partial charge in [-0.1, -0.05) is 36.4 Å². The first-order chi connectivity index (χ1) is 14.1. The van der Waals surface area contributed by atoms with Crippen molar-refractivity contribution in [1.29, 1.82) is 0 Å². The lowest BCUT2D eigenvalue weighted by Crippen LogP contribution is -2.34. The third-order valence-corrected chi connectivity index (χ3v) is 5.06. The predicted molar refractivity (Wildman–Crippen MR) is 110 cm³/mol. The molecule has 0 fully saturated rings. The number of esters is 1. The molecule has 3 aromatic rings. The number of aromatic nitrogens is 1. The van der Waals surface area contributed by atoms with Crippen LogP contribution in [-0.4, -0.2) is 29.4 Å². The Kier molecular flexibility index (Phi) is 4.95. The van der Waals surface area contributed by atoms with Crippen molar-refractivity contribution in [3.8, 4) is 5.75 Å². The van der Waals surface area contributed by atoms with E-state index in [0.29, 0.717) is 0 Å². The number of methoxy groups -OCH3 is 1. The molecule has 1 atom stereocenters. The summed E-state index contributed by atoms with van der Waals surface area (Å²) in [7, 11) is 1.21. The third-order valence-electron chi connectivity index (χ3n) is 5.06. The number of pyridine rings is 1. The third kappa shape index (κ3) is 3.42. The number of benzene rings is 2. The zero-order chi connectivity index (χ0) is 20.4. The number of fused-ring (bicyclic) bond motifs is 1. The first kappa shape index (κ1) is 18.6. The molecule has 2 heterocycles. The fourth-order valence-electron chi connectivity index (χ4n) is 3.67. The van der Waals surface area contributed by atoms with E-state index < -0.39 is 17.1 Å². The monoisotopic (exact) mass is 391 g/mol. The topological polar surface area (TPSA) is 83.8 Å². The lowest BCUT2D eigenvalue weighted by molar-refractivity contribution is 0.0584. The largest absolute Gasteiger partial charge is 0.502 e. The van der Waals surface area contributed by atoms with Crippen molar-refractivity contribution >= 4 is 17.3 Å². The molecule has 0 saturated heterocycles. The molecule has 0 aliphatic carbocycles. The fraction of sp³-hybridized carbons (Fsp3) is 0.182. The van der Waals surface area contributed by atoms with Gasteiger partial charge in [-0.3, -0.25) is 9.47 Å². The molecule has 2 N–H and O–H groups in total. The molecule has 29 heavy (non-hydrogen) atoms. The van der Waals surface area contributed by atoms with E-state index in [1.807, 2.05) is 36.4 Å². The molecule has 0 bridgehead atoms. The zero-order valence-corrected chi connectivity index (χ0v) is 15.9. The van der Waals surface area contributed by atoms with Gasteiger partial charge in [0.2, 0.25) is 5.43 Å². The summed E-state index contributed by atoms with van der Waals surface area (Å²) in [5.41, 5.74) is 5.62. The Labute approximate surface area is 167 Å². The Hall–Kier alpha value is -3.74. The van der Waals surface area contributed by atoms with Crippen molar-refractivity contribution in [3.63, 3.8) is 0 Å². The molecule has 1 aliphatic heterocycles. The van der Waals surface area contributed by atoms with E-state index in [1.165, 1.54) is 24.0 Å². The molecule has 0 radical (unpaired) electrons. The highest BCUT2D eigenvalue weighted by Gasteiger charge is 2.27. The van der Waals surface area contributed by atoms with Gasteiger partial charge in [0, 0.05) is 30.2 Å². The maximum Gasteiger partial charge on any atom is 0.360 e. The average Bonchev–Trinajstić information content (AvgIpc) is 2.77. The summed E-state index contributed by atoms with van der Waals surface area (Å²) in [6, 6.07) is 19.3. The summed E-state index contributed by atoms with van der Waals surface area (Å²) in [5, 5.41) is 10.1. The van der Waals surface area contributed by atoms with Crippen LogP contribution in [0.4, 0.5) is 11.4 Å². The smallest absolute Gasteiger partial charge is 0.360 e. The van der Waals surface area contributed by atoms with Gasteiger partial charge in [0.25, 0.3) is 0 Å². The molecule has 7 heteroatoms. The van der Waals surface area contributed by atoms with Crippen LogP contribution in [0, 0.1) is 0 Å². The number of aromatic hydroxyl groups is 1. The first-order valence-electron chi connectivity index (χ1n) is 9.31. The predicted octanol–water partition coefficient (Wildman–Crippen LogP) is 3.17. The van der Waals surface area contributed by atoms with E-state index in [0.717, 1.165) is 29.9 Å². The number of hydrogen-bond donors (Lipinski definition) is 2. The van der Waals surface area contributed by atoms with Crippen LogP contribution in [0.5, 0.6) is 5.75 Å². The van der Waals surface area contributed by atoms with Crippen LogP contribution in [0.1, 0.15) is 28.5 Å². The van der Waals surface area contributed by atoms with Crippen molar-refractivity contribution in [2.75, 3.05) is 24.0 Å². The zero-order valence-electron chi connectivity index (χ0n) is 15.9. The molecule has 0 spiro atoms. The van der Waals surface area contributed by atoms with Crippen LogP contribution in [0.25, 0.3) is 0 Å². The molecule has 4 rings (SSSR count). The van der Waals surface area contributed by atoms with Crippen LogP contribution >= 0.6 is 0 Å². The summed E-state index contributed by atoms with van der Waals surface area (Å²) in [4.78, 5) is 26.2. The van der Waals surface area contributed by atoms with Gasteiger partial charge in [-0.2, -0.15) is 0 Å². The van der Waals surface area contributed by atoms with Crippen LogP contribution in [-0.2, 0) is 4.74 Å². The molecule has 2 aromatic carbocycles. The minimum atomic E-state index is -0.789. The second-order valence-electron chi connectivity index (χ2n) is 6.76. The van der Waals surface area contributed by atoms with Gasteiger partial charge in [-0.05, 0) is 30.2 Å². The summed E-state index contributed by atoms with van der Waals surface area (Å²) in [5.74, 6) is -1.43. The molecule has 0 saturated carbocycles. The number of nitrogens with zero attached hydrogens (tertiary/aromatic N) is 2. The van der Waals surface area contributed by atoms with Gasteiger partial charge in [0.15, 0.2) is 11.4 Å². The molecule has 1 unspecified atom stereocenters. The van der Waals surface area contributed by atoms with Crippen molar-refractivity contribution in [2.45, 2.75) is 12.5 Å². The summed E-state index contributed by atoms with van der Waals surface area (Å²) in [6.07, 6.45) is 2.18. The maximum absolute atomic E-state index is 12.1. The molecule has 1 aromatic heterocycles. The number of carbonyl (C=O) groups excluding carboxylic acids is 1. The highest BCUT2D eigenvalue weighted by Crippen LogP contribution is 2.38. The van der Waals surface area contributed by atoms with Crippen LogP contribution < -0.4 is 15.8 Å². The highest BCUT2D eigenvalue weighted by atomic mass is 16.5. The van der Waals surface area contributed by atoms with Crippen molar-refractivity contribution < 1.29 is 14.6 Å². The standard InChI is InChI=1S/C22H21N3O4/c1-29-22(28)20-21(27)19(26)12-14-25(20)23-17-11-13-24(15-7-3-2-4-8-15)18-10-6-5-9-16(17)18/h2-10,12,14,17,23,27H,11,13H2,1H3. The van der Waals surface area contributed by atoms with Gasteiger partial charge in [-0.15, -0.1) is 0 Å². The molecule has 148 valence electrons. The molecule has 1 aliphatic rings. The normalized spacial score (nSPS) is 15.5. The number of para-hydroxylation sites is 2. The number of ether oxygens (including phenoxy) is 1. The average molecular weight is 391 g/mol. The Bertz CT molecular complexity index is 1090. The second kappa shape index (κ2) is 7.71. The molecule has 0 amide bonds. The van der Waals surface area contributed by atoms with Gasteiger partial charge in [0.1, 0.15) is 0 Å². The van der Waals surface area contributed by atoms with E-state index >= 15 is 0 Å². The Morgan fingerprint density at radius 3 is 2.59 bits per heavy atom. The van der Waals surface area contributed by atoms with E-state index in [2.05, 4.69) is 28.5 Å². The first-order valence-corrected chi connectivity index (χ1v) is 9.31. The van der Waals surface area contributed by atoms with E-state index in [4.69, 9.17) is 4.74 Å². The van der Waals surface area contributed by atoms with E-state index in [-0.39, 0.29) is 11.7 Å². The molecular weight excluding hydrogens is 370 g/mol. The SMILES string of the molecule is COC(=O)c1c(O)c(=O)ccn1NC1CCN(c2ccccc2)c2ccccc21. The Morgan fingerprint density at radius 1 is 1.10 bits per heavy atom. The van der Waals surface area contributed by atoms with Crippen LogP contribution in [0.15, 0.2) is 71.7 Å². The fourth-order valence-corrected chi connectivity index (χ4v) is 3.67. The van der Waals surface area contributed by atoms with Crippen molar-refractivity contribution in [1.82, 2.24) is 4.68 Å². The van der Waals surface area contributed by atoms with Crippen molar-refractivity contribution in [3.05, 3.63) is 88.3 Å². The number of anilines is 2. The van der Waals surface area contributed by atoms with Gasteiger partial charge < -0.3 is 20.2 Å². The number of carbonyl (C=O) groups is 1. The molecular formula is C22H21N3O4. The highest BCUT2D eigenvalue weighted by molar-refractivity contribution is 5.90. The lowest BCUT2D eigenvalue weighted by Gasteiger charge is -2.37. The van der Waals surface area contributed by atoms with Crippen LogP contribution in [0.2, 0.25) is 0 Å². The van der Waals surface area contributed by atoms with Crippen molar-refractivity contribution in [2.24, 2.45) is 0 Å². The second-order valence-corrected chi connectivity index (χ2v) is 6.76. The van der Waals surface area contributed by atoms with Crippen LogP contribution in [0.3, 0.4) is 0 Å². The van der Waals surface area contributed by atoms with Gasteiger partial charge in [0.05, 0.1) is 13.2 Å². The lowest BCUT2D eigenvalue weighted by atomic mass is 9.96.